The first-order valence-electron chi connectivity index (χ1n) is 3.37. The summed E-state index contributed by atoms with van der Waals surface area (Å²) in [5.41, 5.74) is 11.1. The Balaban J connectivity index is 2.97. The summed E-state index contributed by atoms with van der Waals surface area (Å²) < 4.78 is 0. The molecule has 0 bridgehead atoms. The SMILES string of the molecule is NCC#Cc1cnc(N)c(O)c1. The molecular weight excluding hydrogens is 154 g/mol. The fourth-order valence-corrected chi connectivity index (χ4v) is 0.685. The van der Waals surface area contributed by atoms with Gasteiger partial charge in [-0.05, 0) is 0 Å². The van der Waals surface area contributed by atoms with E-state index in [4.69, 9.17) is 16.6 Å². The van der Waals surface area contributed by atoms with E-state index in [9.17, 15) is 0 Å². The molecule has 0 spiro atoms. The van der Waals surface area contributed by atoms with Crippen molar-refractivity contribution in [3.05, 3.63) is 17.8 Å². The molecule has 0 amide bonds. The van der Waals surface area contributed by atoms with Crippen LogP contribution < -0.4 is 11.5 Å². The Morgan fingerprint density at radius 1 is 1.58 bits per heavy atom. The third kappa shape index (κ3) is 1.87. The molecule has 5 N–H and O–H groups in total. The minimum Gasteiger partial charge on any atom is -0.504 e. The molecule has 0 atom stereocenters. The summed E-state index contributed by atoms with van der Waals surface area (Å²) in [5, 5.41) is 9.11. The van der Waals surface area contributed by atoms with E-state index in [2.05, 4.69) is 16.8 Å². The van der Waals surface area contributed by atoms with Crippen molar-refractivity contribution < 1.29 is 5.11 Å². The Bertz CT molecular complexity index is 338. The van der Waals surface area contributed by atoms with E-state index < -0.39 is 0 Å². The first kappa shape index (κ1) is 8.37. The molecule has 0 aliphatic rings. The molecule has 1 aromatic heterocycles. The Kier molecular flexibility index (Phi) is 2.51. The topological polar surface area (TPSA) is 85.2 Å². The first-order valence-corrected chi connectivity index (χ1v) is 3.37. The molecule has 1 aromatic rings. The van der Waals surface area contributed by atoms with Gasteiger partial charge in [-0.15, -0.1) is 0 Å². The number of nitrogens with two attached hydrogens (primary N) is 2. The molecule has 1 rings (SSSR count). The summed E-state index contributed by atoms with van der Waals surface area (Å²) in [5.74, 6) is 5.40. The number of hydrogen-bond acceptors (Lipinski definition) is 4. The van der Waals surface area contributed by atoms with E-state index in [1.165, 1.54) is 12.3 Å². The first-order chi connectivity index (χ1) is 5.74. The number of nitrogen functional groups attached to an aromatic ring is 1. The van der Waals surface area contributed by atoms with Gasteiger partial charge in [-0.3, -0.25) is 0 Å². The Morgan fingerprint density at radius 3 is 2.92 bits per heavy atom. The van der Waals surface area contributed by atoms with Crippen LogP contribution in [0.1, 0.15) is 5.56 Å². The summed E-state index contributed by atoms with van der Waals surface area (Å²) in [4.78, 5) is 3.72. The second kappa shape index (κ2) is 3.60. The predicted molar refractivity (Wildman–Crippen MR) is 46.2 cm³/mol. The smallest absolute Gasteiger partial charge is 0.165 e. The van der Waals surface area contributed by atoms with Crippen LogP contribution in [0, 0.1) is 11.8 Å². The van der Waals surface area contributed by atoms with E-state index in [0.29, 0.717) is 5.56 Å². The fraction of sp³-hybridized carbons (Fsp3) is 0.125. The molecule has 0 fully saturated rings. The van der Waals surface area contributed by atoms with Crippen LogP contribution in [0.3, 0.4) is 0 Å². The summed E-state index contributed by atoms with van der Waals surface area (Å²) in [7, 11) is 0. The molecule has 0 saturated carbocycles. The van der Waals surface area contributed by atoms with Crippen LogP contribution in [0.2, 0.25) is 0 Å². The lowest BCUT2D eigenvalue weighted by atomic mass is 10.2. The Labute approximate surface area is 70.2 Å². The van der Waals surface area contributed by atoms with Crippen molar-refractivity contribution in [2.45, 2.75) is 0 Å². The predicted octanol–water partition coefficient (Wildman–Crippen LogP) is -0.320. The summed E-state index contributed by atoms with van der Waals surface area (Å²) in [6.07, 6.45) is 1.48. The van der Waals surface area contributed by atoms with Gasteiger partial charge in [-0.25, -0.2) is 4.98 Å². The summed E-state index contributed by atoms with van der Waals surface area (Å²) >= 11 is 0. The maximum Gasteiger partial charge on any atom is 0.165 e. The number of nitrogens with zero attached hydrogens (tertiary/aromatic N) is 1. The molecule has 0 radical (unpaired) electrons. The molecule has 0 aliphatic carbocycles. The number of pyridine rings is 1. The average Bonchev–Trinajstić information content (AvgIpc) is 2.07. The largest absolute Gasteiger partial charge is 0.504 e. The van der Waals surface area contributed by atoms with Crippen LogP contribution in [-0.2, 0) is 0 Å². The fourth-order valence-electron chi connectivity index (χ4n) is 0.685. The van der Waals surface area contributed by atoms with Crippen LogP contribution in [0.25, 0.3) is 0 Å². The van der Waals surface area contributed by atoms with Gasteiger partial charge in [0.05, 0.1) is 6.54 Å². The average molecular weight is 163 g/mol. The molecule has 4 heteroatoms. The quantitative estimate of drug-likeness (QED) is 0.457. The molecular formula is C8H9N3O. The number of hydrogen-bond donors (Lipinski definition) is 3. The molecule has 4 nitrogen and oxygen atoms in total. The van der Waals surface area contributed by atoms with Gasteiger partial charge in [-0.1, -0.05) is 11.8 Å². The molecule has 0 aromatic carbocycles. The van der Waals surface area contributed by atoms with Crippen molar-refractivity contribution in [1.29, 1.82) is 0 Å². The molecule has 0 saturated heterocycles. The van der Waals surface area contributed by atoms with E-state index in [-0.39, 0.29) is 18.1 Å². The minimum absolute atomic E-state index is 0.0566. The van der Waals surface area contributed by atoms with Gasteiger partial charge in [0.1, 0.15) is 0 Å². The number of aromatic hydroxyl groups is 1. The van der Waals surface area contributed by atoms with Crippen molar-refractivity contribution in [3.8, 4) is 17.6 Å². The lowest BCUT2D eigenvalue weighted by Gasteiger charge is -1.96. The van der Waals surface area contributed by atoms with Crippen LogP contribution in [-0.4, -0.2) is 16.6 Å². The van der Waals surface area contributed by atoms with Gasteiger partial charge in [0.15, 0.2) is 11.6 Å². The zero-order valence-electron chi connectivity index (χ0n) is 6.41. The Morgan fingerprint density at radius 2 is 2.33 bits per heavy atom. The summed E-state index contributed by atoms with van der Waals surface area (Å²) in [6.45, 7) is 0.283. The number of rotatable bonds is 0. The van der Waals surface area contributed by atoms with Gasteiger partial charge in [-0.2, -0.15) is 0 Å². The van der Waals surface area contributed by atoms with E-state index in [1.54, 1.807) is 0 Å². The van der Waals surface area contributed by atoms with Gasteiger partial charge in [0.25, 0.3) is 0 Å². The highest BCUT2D eigenvalue weighted by atomic mass is 16.3. The normalized spacial score (nSPS) is 8.75. The number of anilines is 1. The highest BCUT2D eigenvalue weighted by Gasteiger charge is 1.96. The van der Waals surface area contributed by atoms with E-state index in [1.807, 2.05) is 0 Å². The second-order valence-electron chi connectivity index (χ2n) is 2.13. The third-order valence-electron chi connectivity index (χ3n) is 1.23. The molecule has 62 valence electrons. The zero-order valence-corrected chi connectivity index (χ0v) is 6.41. The Hall–Kier alpha value is -1.73. The molecule has 12 heavy (non-hydrogen) atoms. The molecule has 1 heterocycles. The van der Waals surface area contributed by atoms with Gasteiger partial charge >= 0.3 is 0 Å². The van der Waals surface area contributed by atoms with Crippen molar-refractivity contribution in [2.75, 3.05) is 12.3 Å². The zero-order chi connectivity index (χ0) is 8.97. The maximum atomic E-state index is 9.11. The van der Waals surface area contributed by atoms with Crippen molar-refractivity contribution in [1.82, 2.24) is 4.98 Å². The highest BCUT2D eigenvalue weighted by molar-refractivity contribution is 5.49. The van der Waals surface area contributed by atoms with Crippen LogP contribution in [0.15, 0.2) is 12.3 Å². The van der Waals surface area contributed by atoms with E-state index >= 15 is 0 Å². The molecule has 0 aliphatic heterocycles. The lowest BCUT2D eigenvalue weighted by molar-refractivity contribution is 0.475. The van der Waals surface area contributed by atoms with Crippen LogP contribution in [0.4, 0.5) is 5.82 Å². The van der Waals surface area contributed by atoms with Crippen molar-refractivity contribution in [3.63, 3.8) is 0 Å². The lowest BCUT2D eigenvalue weighted by Crippen LogP contribution is -1.94. The van der Waals surface area contributed by atoms with Crippen LogP contribution in [0.5, 0.6) is 5.75 Å². The second-order valence-corrected chi connectivity index (χ2v) is 2.13. The number of aromatic nitrogens is 1. The van der Waals surface area contributed by atoms with Crippen molar-refractivity contribution >= 4 is 5.82 Å². The monoisotopic (exact) mass is 163 g/mol. The van der Waals surface area contributed by atoms with Gasteiger partial charge in [0.2, 0.25) is 0 Å². The standard InChI is InChI=1S/C8H9N3O/c9-3-1-2-6-4-7(12)8(10)11-5-6/h4-5,12H,3,9H2,(H2,10,11). The van der Waals surface area contributed by atoms with E-state index in [0.717, 1.165) is 0 Å². The minimum atomic E-state index is -0.0566. The van der Waals surface area contributed by atoms with Crippen LogP contribution >= 0.6 is 0 Å². The van der Waals surface area contributed by atoms with Gasteiger partial charge in [0, 0.05) is 17.8 Å². The summed E-state index contributed by atoms with van der Waals surface area (Å²) in [6, 6.07) is 1.45. The molecule has 0 unspecified atom stereocenters. The van der Waals surface area contributed by atoms with Crippen molar-refractivity contribution in [2.24, 2.45) is 5.73 Å². The third-order valence-corrected chi connectivity index (χ3v) is 1.23. The maximum absolute atomic E-state index is 9.11. The highest BCUT2D eigenvalue weighted by Crippen LogP contribution is 2.16. The van der Waals surface area contributed by atoms with Gasteiger partial charge < -0.3 is 16.6 Å².